The van der Waals surface area contributed by atoms with E-state index in [1.807, 2.05) is 12.1 Å². The Morgan fingerprint density at radius 2 is 1.76 bits per heavy atom. The zero-order valence-corrected chi connectivity index (χ0v) is 17.5. The largest absolute Gasteiger partial charge is 0.459 e. The molecule has 6 nitrogen and oxygen atoms in total. The maximum Gasteiger partial charge on any atom is 0.310 e. The van der Waals surface area contributed by atoms with Crippen LogP contribution < -0.4 is 0 Å². The minimum absolute atomic E-state index is 0.0181. The number of halogens is 1. The van der Waals surface area contributed by atoms with Gasteiger partial charge < -0.3 is 9.26 Å². The molecule has 0 saturated carbocycles. The van der Waals surface area contributed by atoms with Crippen LogP contribution in [-0.4, -0.2) is 24.8 Å². The Labute approximate surface area is 174 Å². The summed E-state index contributed by atoms with van der Waals surface area (Å²) in [7, 11) is -3.33. The van der Waals surface area contributed by atoms with Gasteiger partial charge in [-0.15, -0.1) is 0 Å². The van der Waals surface area contributed by atoms with E-state index in [-0.39, 0.29) is 17.9 Å². The summed E-state index contributed by atoms with van der Waals surface area (Å²) in [4.78, 5) is 12.3. The molecule has 0 N–H and O–H groups in total. The highest BCUT2D eigenvalue weighted by atomic mass is 35.5. The van der Waals surface area contributed by atoms with E-state index in [0.29, 0.717) is 22.0 Å². The van der Waals surface area contributed by atoms with Crippen LogP contribution in [0.5, 0.6) is 0 Å². The van der Waals surface area contributed by atoms with Crippen LogP contribution >= 0.6 is 11.6 Å². The van der Waals surface area contributed by atoms with Crippen molar-refractivity contribution in [1.82, 2.24) is 5.16 Å². The first kappa shape index (κ1) is 21.1. The first-order valence-corrected chi connectivity index (χ1v) is 10.9. The van der Waals surface area contributed by atoms with Gasteiger partial charge in [0.1, 0.15) is 12.3 Å². The maximum atomic E-state index is 12.1. The van der Waals surface area contributed by atoms with Crippen molar-refractivity contribution < 1.29 is 22.5 Å². The molecule has 0 spiro atoms. The molecule has 0 fully saturated rings. The summed E-state index contributed by atoms with van der Waals surface area (Å²) in [5.41, 5.74) is 1.97. The first-order chi connectivity index (χ1) is 13.8. The molecule has 0 saturated heterocycles. The van der Waals surface area contributed by atoms with Crippen molar-refractivity contribution in [3.8, 4) is 11.3 Å². The molecular weight excluding hydrogens is 414 g/mol. The smallest absolute Gasteiger partial charge is 0.310 e. The number of sulfone groups is 1. The number of hydrogen-bond donors (Lipinski definition) is 0. The van der Waals surface area contributed by atoms with Gasteiger partial charge in [0.2, 0.25) is 0 Å². The van der Waals surface area contributed by atoms with Crippen molar-refractivity contribution in [3.63, 3.8) is 0 Å². The molecule has 0 amide bonds. The zero-order chi connectivity index (χ0) is 21.0. The van der Waals surface area contributed by atoms with Crippen LogP contribution in [0.15, 0.2) is 64.0 Å². The van der Waals surface area contributed by atoms with Crippen LogP contribution in [0.25, 0.3) is 11.3 Å². The number of ether oxygens (including phenoxy) is 1. The number of carbonyl (C=O) groups is 1. The lowest BCUT2D eigenvalue weighted by atomic mass is 10.1. The van der Waals surface area contributed by atoms with Gasteiger partial charge >= 0.3 is 5.97 Å². The number of esters is 1. The Balaban J connectivity index is 1.56. The van der Waals surface area contributed by atoms with Gasteiger partial charge in [0, 0.05) is 16.7 Å². The van der Waals surface area contributed by atoms with Crippen molar-refractivity contribution >= 4 is 27.4 Å². The second-order valence-electron chi connectivity index (χ2n) is 6.76. The molecule has 0 radical (unpaired) electrons. The quantitative estimate of drug-likeness (QED) is 0.511. The summed E-state index contributed by atoms with van der Waals surface area (Å²) in [5.74, 6) is 0.107. The van der Waals surface area contributed by atoms with Crippen molar-refractivity contribution in [2.75, 3.05) is 0 Å². The standard InChI is InChI=1S/C21H20ClNO5S/c1-14(2)29(25,26)19-9-3-15(4-10-19)11-21(24)27-13-18-12-20(28-23-18)16-5-7-17(22)8-6-16/h3-10,12,14H,11,13H2,1-2H3. The highest BCUT2D eigenvalue weighted by Gasteiger charge is 2.19. The molecule has 0 unspecified atom stereocenters. The summed E-state index contributed by atoms with van der Waals surface area (Å²) < 4.78 is 34.8. The SMILES string of the molecule is CC(C)S(=O)(=O)c1ccc(CC(=O)OCc2cc(-c3ccc(Cl)cc3)on2)cc1. The van der Waals surface area contributed by atoms with E-state index in [1.54, 1.807) is 44.2 Å². The summed E-state index contributed by atoms with van der Waals surface area (Å²) in [6, 6.07) is 15.1. The predicted octanol–water partition coefficient (Wildman–Crippen LogP) is 4.46. The Morgan fingerprint density at radius 3 is 2.38 bits per heavy atom. The maximum absolute atomic E-state index is 12.1. The molecular formula is C21H20ClNO5S. The summed E-state index contributed by atoms with van der Waals surface area (Å²) >= 11 is 5.87. The fraction of sp³-hybridized carbons (Fsp3) is 0.238. The van der Waals surface area contributed by atoms with Crippen molar-refractivity contribution in [2.24, 2.45) is 0 Å². The third-order valence-corrected chi connectivity index (χ3v) is 6.71. The van der Waals surface area contributed by atoms with E-state index in [1.165, 1.54) is 12.1 Å². The van der Waals surface area contributed by atoms with Crippen molar-refractivity contribution in [1.29, 1.82) is 0 Å². The van der Waals surface area contributed by atoms with Crippen molar-refractivity contribution in [3.05, 3.63) is 70.9 Å². The summed E-state index contributed by atoms with van der Waals surface area (Å²) in [6.07, 6.45) is 0.0316. The molecule has 152 valence electrons. The third kappa shape index (κ3) is 5.25. The average Bonchev–Trinajstić information content (AvgIpc) is 3.16. The number of benzene rings is 2. The molecule has 8 heteroatoms. The fourth-order valence-electron chi connectivity index (χ4n) is 2.57. The van der Waals surface area contributed by atoms with E-state index >= 15 is 0 Å². The van der Waals surface area contributed by atoms with Crippen LogP contribution in [0.2, 0.25) is 5.02 Å². The molecule has 3 rings (SSSR count). The van der Waals surface area contributed by atoms with Crippen LogP contribution in [0.4, 0.5) is 0 Å². The molecule has 0 aliphatic heterocycles. The highest BCUT2D eigenvalue weighted by Crippen LogP contribution is 2.22. The van der Waals surface area contributed by atoms with E-state index in [0.717, 1.165) is 5.56 Å². The lowest BCUT2D eigenvalue weighted by molar-refractivity contribution is -0.144. The normalized spacial score (nSPS) is 11.6. The Kier molecular flexibility index (Phi) is 6.39. The van der Waals surface area contributed by atoms with E-state index in [9.17, 15) is 13.2 Å². The predicted molar refractivity (Wildman–Crippen MR) is 109 cm³/mol. The van der Waals surface area contributed by atoms with Gasteiger partial charge in [-0.25, -0.2) is 8.42 Å². The lowest BCUT2D eigenvalue weighted by Gasteiger charge is -2.08. The van der Waals surface area contributed by atoms with Gasteiger partial charge in [0.25, 0.3) is 0 Å². The molecule has 0 aliphatic carbocycles. The third-order valence-electron chi connectivity index (χ3n) is 4.29. The van der Waals surface area contributed by atoms with Crippen molar-refractivity contribution in [2.45, 2.75) is 37.0 Å². The Hall–Kier alpha value is -2.64. The average molecular weight is 434 g/mol. The molecule has 1 aromatic heterocycles. The Bertz CT molecular complexity index is 1090. The molecule has 3 aromatic rings. The molecule has 0 bridgehead atoms. The Morgan fingerprint density at radius 1 is 1.10 bits per heavy atom. The van der Waals surface area contributed by atoms with Gasteiger partial charge in [0.15, 0.2) is 15.6 Å². The molecule has 29 heavy (non-hydrogen) atoms. The minimum Gasteiger partial charge on any atom is -0.459 e. The van der Waals surface area contributed by atoms with Gasteiger partial charge in [-0.2, -0.15) is 0 Å². The second kappa shape index (κ2) is 8.80. The molecule has 2 aromatic carbocycles. The van der Waals surface area contributed by atoms with Crippen LogP contribution in [0.1, 0.15) is 25.1 Å². The number of aromatic nitrogens is 1. The van der Waals surface area contributed by atoms with Gasteiger partial charge in [-0.05, 0) is 55.8 Å². The van der Waals surface area contributed by atoms with E-state index < -0.39 is 21.1 Å². The first-order valence-electron chi connectivity index (χ1n) is 8.95. The van der Waals surface area contributed by atoms with E-state index in [4.69, 9.17) is 20.9 Å². The monoisotopic (exact) mass is 433 g/mol. The van der Waals surface area contributed by atoms with Crippen LogP contribution in [0.3, 0.4) is 0 Å². The van der Waals surface area contributed by atoms with Gasteiger partial charge in [-0.1, -0.05) is 28.9 Å². The number of hydrogen-bond acceptors (Lipinski definition) is 6. The van der Waals surface area contributed by atoms with Gasteiger partial charge in [-0.3, -0.25) is 4.79 Å². The zero-order valence-electron chi connectivity index (χ0n) is 16.0. The number of carbonyl (C=O) groups excluding carboxylic acids is 1. The fourth-order valence-corrected chi connectivity index (χ4v) is 3.76. The lowest BCUT2D eigenvalue weighted by Crippen LogP contribution is -2.14. The van der Waals surface area contributed by atoms with Gasteiger partial charge in [0.05, 0.1) is 16.6 Å². The summed E-state index contributed by atoms with van der Waals surface area (Å²) in [6.45, 7) is 3.24. The molecule has 0 atom stereocenters. The molecule has 1 heterocycles. The number of rotatable bonds is 7. The summed E-state index contributed by atoms with van der Waals surface area (Å²) in [5, 5.41) is 4.02. The number of nitrogens with zero attached hydrogens (tertiary/aromatic N) is 1. The van der Waals surface area contributed by atoms with E-state index in [2.05, 4.69) is 5.16 Å². The highest BCUT2D eigenvalue weighted by molar-refractivity contribution is 7.92. The van der Waals surface area contributed by atoms with Crippen LogP contribution in [-0.2, 0) is 32.4 Å². The minimum atomic E-state index is -3.33. The topological polar surface area (TPSA) is 86.5 Å². The second-order valence-corrected chi connectivity index (χ2v) is 9.71. The molecule has 0 aliphatic rings. The van der Waals surface area contributed by atoms with Crippen LogP contribution in [0, 0.1) is 0 Å².